The van der Waals surface area contributed by atoms with Gasteiger partial charge in [-0.2, -0.15) is 0 Å². The van der Waals surface area contributed by atoms with E-state index in [1.165, 1.54) is 5.56 Å². The average Bonchev–Trinajstić information content (AvgIpc) is 3.07. The molecule has 0 aliphatic carbocycles. The molecular weight excluding hydrogens is 344 g/mol. The highest BCUT2D eigenvalue weighted by atomic mass is 32.2. The van der Waals surface area contributed by atoms with Gasteiger partial charge in [-0.3, -0.25) is 4.79 Å². The predicted octanol–water partition coefficient (Wildman–Crippen LogP) is 4.86. The molecule has 0 aliphatic heterocycles. The van der Waals surface area contributed by atoms with Gasteiger partial charge in [0.2, 0.25) is 0 Å². The first-order chi connectivity index (χ1) is 12.5. The summed E-state index contributed by atoms with van der Waals surface area (Å²) in [7, 11) is 1.84. The number of thioether (sulfide) groups is 1. The van der Waals surface area contributed by atoms with Crippen molar-refractivity contribution in [1.29, 1.82) is 0 Å². The highest BCUT2D eigenvalue weighted by molar-refractivity contribution is 7.98. The maximum absolute atomic E-state index is 13.0. The molecule has 4 nitrogen and oxygen atoms in total. The van der Waals surface area contributed by atoms with Crippen molar-refractivity contribution in [2.24, 2.45) is 0 Å². The Bertz CT molecular complexity index is 904. The lowest BCUT2D eigenvalue weighted by Crippen LogP contribution is -2.27. The SMILES string of the molecule is Cc1cc(CSc2ccccc2C(=O)N(C)Cc2ccccc2C)on1. The summed E-state index contributed by atoms with van der Waals surface area (Å²) >= 11 is 1.59. The zero-order chi connectivity index (χ0) is 18.5. The number of carbonyl (C=O) groups excluding carboxylic acids is 1. The molecule has 26 heavy (non-hydrogen) atoms. The molecule has 0 saturated heterocycles. The predicted molar refractivity (Wildman–Crippen MR) is 104 cm³/mol. The summed E-state index contributed by atoms with van der Waals surface area (Å²) < 4.78 is 5.26. The van der Waals surface area contributed by atoms with Crippen LogP contribution in [-0.2, 0) is 12.3 Å². The van der Waals surface area contributed by atoms with E-state index >= 15 is 0 Å². The van der Waals surface area contributed by atoms with E-state index in [0.29, 0.717) is 17.9 Å². The third kappa shape index (κ3) is 4.35. The van der Waals surface area contributed by atoms with Crippen LogP contribution in [0.4, 0.5) is 0 Å². The van der Waals surface area contributed by atoms with Crippen molar-refractivity contribution in [3.63, 3.8) is 0 Å². The average molecular weight is 366 g/mol. The Hall–Kier alpha value is -2.53. The lowest BCUT2D eigenvalue weighted by Gasteiger charge is -2.20. The summed E-state index contributed by atoms with van der Waals surface area (Å²) in [6, 6.07) is 17.8. The first kappa shape index (κ1) is 18.3. The van der Waals surface area contributed by atoms with Crippen molar-refractivity contribution in [2.45, 2.75) is 31.0 Å². The lowest BCUT2D eigenvalue weighted by atomic mass is 10.1. The van der Waals surface area contributed by atoms with Gasteiger partial charge in [0.1, 0.15) is 5.76 Å². The fourth-order valence-electron chi connectivity index (χ4n) is 2.72. The van der Waals surface area contributed by atoms with Gasteiger partial charge in [0.15, 0.2) is 0 Å². The normalized spacial score (nSPS) is 10.7. The van der Waals surface area contributed by atoms with Crippen molar-refractivity contribution < 1.29 is 9.32 Å². The van der Waals surface area contributed by atoms with Crippen LogP contribution < -0.4 is 0 Å². The zero-order valence-electron chi connectivity index (χ0n) is 15.2. The molecule has 2 aromatic carbocycles. The summed E-state index contributed by atoms with van der Waals surface area (Å²) in [6.45, 7) is 4.55. The monoisotopic (exact) mass is 366 g/mol. The standard InChI is InChI=1S/C21H22N2O2S/c1-15-8-4-5-9-17(15)13-23(3)21(24)19-10-6-7-11-20(19)26-14-18-12-16(2)22-25-18/h4-12H,13-14H2,1-3H3. The second kappa shape index (κ2) is 8.23. The van der Waals surface area contributed by atoms with E-state index in [1.54, 1.807) is 16.7 Å². The van der Waals surface area contributed by atoms with E-state index in [9.17, 15) is 4.79 Å². The van der Waals surface area contributed by atoms with Crippen molar-refractivity contribution >= 4 is 17.7 Å². The van der Waals surface area contributed by atoms with Gasteiger partial charge in [-0.1, -0.05) is 41.6 Å². The molecule has 1 amide bonds. The summed E-state index contributed by atoms with van der Waals surface area (Å²) in [5, 5.41) is 3.91. The van der Waals surface area contributed by atoms with E-state index in [4.69, 9.17) is 4.52 Å². The highest BCUT2D eigenvalue weighted by Crippen LogP contribution is 2.27. The summed E-state index contributed by atoms with van der Waals surface area (Å²) in [4.78, 5) is 15.7. The Morgan fingerprint density at radius 1 is 1.12 bits per heavy atom. The molecule has 1 aromatic heterocycles. The van der Waals surface area contributed by atoms with Gasteiger partial charge in [0, 0.05) is 24.6 Å². The number of carbonyl (C=O) groups is 1. The topological polar surface area (TPSA) is 46.3 Å². The minimum atomic E-state index is 0.0186. The van der Waals surface area contributed by atoms with Crippen molar-refractivity contribution in [2.75, 3.05) is 7.05 Å². The van der Waals surface area contributed by atoms with Gasteiger partial charge in [0.05, 0.1) is 17.0 Å². The van der Waals surface area contributed by atoms with E-state index in [0.717, 1.165) is 21.9 Å². The molecule has 0 bridgehead atoms. The van der Waals surface area contributed by atoms with Gasteiger partial charge in [-0.25, -0.2) is 0 Å². The summed E-state index contributed by atoms with van der Waals surface area (Å²) in [5.41, 5.74) is 3.92. The quantitative estimate of drug-likeness (QED) is 0.585. The Morgan fingerprint density at radius 3 is 2.58 bits per heavy atom. The van der Waals surface area contributed by atoms with Crippen LogP contribution in [0.15, 0.2) is 64.0 Å². The van der Waals surface area contributed by atoms with Crippen LogP contribution in [0.25, 0.3) is 0 Å². The molecule has 0 saturated carbocycles. The van der Waals surface area contributed by atoms with Crippen LogP contribution in [0.3, 0.4) is 0 Å². The Kier molecular flexibility index (Phi) is 5.78. The molecular formula is C21H22N2O2S. The van der Waals surface area contributed by atoms with Crippen molar-refractivity contribution in [3.8, 4) is 0 Å². The van der Waals surface area contributed by atoms with Gasteiger partial charge in [-0.05, 0) is 37.1 Å². The zero-order valence-corrected chi connectivity index (χ0v) is 16.0. The Labute approximate surface area is 158 Å². The second-order valence-electron chi connectivity index (χ2n) is 6.31. The maximum atomic E-state index is 13.0. The molecule has 5 heteroatoms. The maximum Gasteiger partial charge on any atom is 0.255 e. The molecule has 0 N–H and O–H groups in total. The molecule has 0 unspecified atom stereocenters. The number of hydrogen-bond donors (Lipinski definition) is 0. The number of amides is 1. The van der Waals surface area contributed by atoms with Crippen LogP contribution >= 0.6 is 11.8 Å². The van der Waals surface area contributed by atoms with Crippen molar-refractivity contribution in [3.05, 3.63) is 82.7 Å². The minimum Gasteiger partial charge on any atom is -0.360 e. The van der Waals surface area contributed by atoms with Gasteiger partial charge >= 0.3 is 0 Å². The van der Waals surface area contributed by atoms with Crippen LogP contribution in [0.1, 0.15) is 32.9 Å². The third-order valence-corrected chi connectivity index (χ3v) is 5.28. The number of aryl methyl sites for hydroxylation is 2. The molecule has 0 radical (unpaired) electrons. The lowest BCUT2D eigenvalue weighted by molar-refractivity contribution is 0.0781. The van der Waals surface area contributed by atoms with Crippen LogP contribution in [0.5, 0.6) is 0 Å². The number of hydrogen-bond acceptors (Lipinski definition) is 4. The first-order valence-corrected chi connectivity index (χ1v) is 9.47. The molecule has 3 rings (SSSR count). The fraction of sp³-hybridized carbons (Fsp3) is 0.238. The molecule has 0 spiro atoms. The molecule has 134 valence electrons. The van der Waals surface area contributed by atoms with Gasteiger partial charge < -0.3 is 9.42 Å². The van der Waals surface area contributed by atoms with E-state index < -0.39 is 0 Å². The minimum absolute atomic E-state index is 0.0186. The van der Waals surface area contributed by atoms with Crippen LogP contribution in [0, 0.1) is 13.8 Å². The van der Waals surface area contributed by atoms with Gasteiger partial charge in [-0.15, -0.1) is 11.8 Å². The number of nitrogens with zero attached hydrogens (tertiary/aromatic N) is 2. The van der Waals surface area contributed by atoms with Crippen LogP contribution in [0.2, 0.25) is 0 Å². The van der Waals surface area contributed by atoms with E-state index in [2.05, 4.69) is 24.2 Å². The summed E-state index contributed by atoms with van der Waals surface area (Å²) in [5.74, 6) is 1.47. The second-order valence-corrected chi connectivity index (χ2v) is 7.32. The molecule has 0 atom stereocenters. The van der Waals surface area contributed by atoms with Gasteiger partial charge in [0.25, 0.3) is 5.91 Å². The first-order valence-electron chi connectivity index (χ1n) is 8.48. The smallest absolute Gasteiger partial charge is 0.255 e. The van der Waals surface area contributed by atoms with Crippen LogP contribution in [-0.4, -0.2) is 23.0 Å². The Morgan fingerprint density at radius 2 is 1.85 bits per heavy atom. The molecule has 0 aliphatic rings. The fourth-order valence-corrected chi connectivity index (χ4v) is 3.64. The number of benzene rings is 2. The molecule has 0 fully saturated rings. The summed E-state index contributed by atoms with van der Waals surface area (Å²) in [6.07, 6.45) is 0. The largest absolute Gasteiger partial charge is 0.360 e. The van der Waals surface area contributed by atoms with E-state index in [-0.39, 0.29) is 5.91 Å². The Balaban J connectivity index is 1.73. The number of rotatable bonds is 6. The highest BCUT2D eigenvalue weighted by Gasteiger charge is 2.17. The van der Waals surface area contributed by atoms with Crippen molar-refractivity contribution in [1.82, 2.24) is 10.1 Å². The molecule has 1 heterocycles. The third-order valence-electron chi connectivity index (χ3n) is 4.18. The molecule has 3 aromatic rings. The number of aromatic nitrogens is 1. The van der Waals surface area contributed by atoms with E-state index in [1.807, 2.05) is 56.4 Å².